The zero-order valence-corrected chi connectivity index (χ0v) is 15.1. The topological polar surface area (TPSA) is 72.7 Å². The first-order chi connectivity index (χ1) is 12.1. The molecule has 1 fully saturated rings. The van der Waals surface area contributed by atoms with Crippen molar-refractivity contribution in [3.8, 4) is 5.88 Å². The summed E-state index contributed by atoms with van der Waals surface area (Å²) in [4.78, 5) is 11.0. The van der Waals surface area contributed by atoms with E-state index in [0.29, 0.717) is 18.2 Å². The molecule has 1 unspecified atom stereocenters. The van der Waals surface area contributed by atoms with Crippen molar-refractivity contribution in [2.45, 2.75) is 32.9 Å². The van der Waals surface area contributed by atoms with E-state index in [9.17, 15) is 0 Å². The molecule has 1 atom stereocenters. The Balaban J connectivity index is 1.74. The van der Waals surface area contributed by atoms with Crippen LogP contribution in [-0.2, 0) is 4.74 Å². The fourth-order valence-corrected chi connectivity index (χ4v) is 2.88. The van der Waals surface area contributed by atoms with E-state index < -0.39 is 0 Å². The Labute approximate surface area is 148 Å². The molecule has 7 heteroatoms. The van der Waals surface area contributed by atoms with Crippen molar-refractivity contribution in [1.82, 2.24) is 14.9 Å². The summed E-state index contributed by atoms with van der Waals surface area (Å²) in [5.41, 5.74) is 0. The van der Waals surface area contributed by atoms with Crippen LogP contribution >= 0.6 is 0 Å². The molecule has 7 nitrogen and oxygen atoms in total. The number of furan rings is 1. The van der Waals surface area contributed by atoms with E-state index in [2.05, 4.69) is 20.2 Å². The summed E-state index contributed by atoms with van der Waals surface area (Å²) in [7, 11) is 0. The van der Waals surface area contributed by atoms with Gasteiger partial charge in [0.2, 0.25) is 0 Å². The van der Waals surface area contributed by atoms with Gasteiger partial charge in [-0.15, -0.1) is 0 Å². The highest BCUT2D eigenvalue weighted by atomic mass is 16.5. The van der Waals surface area contributed by atoms with Crippen LogP contribution in [0.3, 0.4) is 0 Å². The molecule has 0 spiro atoms. The minimum Gasteiger partial charge on any atom is -0.472 e. The van der Waals surface area contributed by atoms with Crippen LogP contribution in [-0.4, -0.2) is 53.8 Å². The SMILES string of the molecule is Cc1ccc(C(CNc2nccnc2OC(C)C)N2CCOCC2)o1. The van der Waals surface area contributed by atoms with Crippen molar-refractivity contribution in [3.63, 3.8) is 0 Å². The maximum atomic E-state index is 5.89. The lowest BCUT2D eigenvalue weighted by Gasteiger charge is -2.33. The van der Waals surface area contributed by atoms with Gasteiger partial charge in [0.05, 0.1) is 25.4 Å². The molecule has 3 rings (SSSR count). The first kappa shape index (κ1) is 17.7. The molecule has 0 saturated carbocycles. The number of hydrogen-bond donors (Lipinski definition) is 1. The van der Waals surface area contributed by atoms with Gasteiger partial charge in [-0.2, -0.15) is 0 Å². The van der Waals surface area contributed by atoms with Crippen LogP contribution < -0.4 is 10.1 Å². The van der Waals surface area contributed by atoms with Gasteiger partial charge >= 0.3 is 0 Å². The maximum Gasteiger partial charge on any atom is 0.257 e. The summed E-state index contributed by atoms with van der Waals surface area (Å²) in [5.74, 6) is 3.03. The number of rotatable bonds is 7. The highest BCUT2D eigenvalue weighted by molar-refractivity contribution is 5.45. The van der Waals surface area contributed by atoms with Crippen molar-refractivity contribution in [1.29, 1.82) is 0 Å². The largest absolute Gasteiger partial charge is 0.472 e. The fourth-order valence-electron chi connectivity index (χ4n) is 2.88. The van der Waals surface area contributed by atoms with E-state index in [1.807, 2.05) is 32.9 Å². The molecule has 0 amide bonds. The summed E-state index contributed by atoms with van der Waals surface area (Å²) >= 11 is 0. The predicted octanol–water partition coefficient (Wildman–Crippen LogP) is 2.65. The monoisotopic (exact) mass is 346 g/mol. The molecule has 0 aliphatic carbocycles. The molecule has 2 aromatic heterocycles. The van der Waals surface area contributed by atoms with Gasteiger partial charge in [0.1, 0.15) is 11.5 Å². The van der Waals surface area contributed by atoms with Crippen LogP contribution in [0.1, 0.15) is 31.4 Å². The van der Waals surface area contributed by atoms with E-state index in [4.69, 9.17) is 13.9 Å². The molecule has 2 aromatic rings. The van der Waals surface area contributed by atoms with E-state index in [0.717, 1.165) is 37.8 Å². The van der Waals surface area contributed by atoms with Gasteiger partial charge in [0.15, 0.2) is 5.82 Å². The summed E-state index contributed by atoms with van der Waals surface area (Å²) in [6, 6.07) is 4.14. The highest BCUT2D eigenvalue weighted by Gasteiger charge is 2.25. The number of hydrogen-bond acceptors (Lipinski definition) is 7. The summed E-state index contributed by atoms with van der Waals surface area (Å²) in [6.07, 6.45) is 3.34. The second-order valence-corrected chi connectivity index (χ2v) is 6.37. The van der Waals surface area contributed by atoms with Gasteiger partial charge in [-0.05, 0) is 32.9 Å². The molecule has 0 radical (unpaired) electrons. The van der Waals surface area contributed by atoms with E-state index >= 15 is 0 Å². The molecule has 0 aromatic carbocycles. The Kier molecular flexibility index (Phi) is 5.88. The lowest BCUT2D eigenvalue weighted by atomic mass is 10.1. The van der Waals surface area contributed by atoms with Crippen molar-refractivity contribution in [2.75, 3.05) is 38.2 Å². The third kappa shape index (κ3) is 4.70. The standard InChI is InChI=1S/C18H26N4O3/c1-13(2)24-18-17(19-6-7-20-18)21-12-15(16-5-4-14(3)25-16)22-8-10-23-11-9-22/h4-7,13,15H,8-12H2,1-3H3,(H,19,21). The molecular formula is C18H26N4O3. The van der Waals surface area contributed by atoms with Gasteiger partial charge in [0, 0.05) is 32.0 Å². The van der Waals surface area contributed by atoms with Crippen molar-refractivity contribution >= 4 is 5.82 Å². The zero-order chi connectivity index (χ0) is 17.6. The Morgan fingerprint density at radius 2 is 1.96 bits per heavy atom. The molecule has 25 heavy (non-hydrogen) atoms. The normalized spacial score (nSPS) is 16.8. The van der Waals surface area contributed by atoms with Crippen LogP contribution in [0.25, 0.3) is 0 Å². The van der Waals surface area contributed by atoms with Crippen LogP contribution in [0.5, 0.6) is 5.88 Å². The predicted molar refractivity (Wildman–Crippen MR) is 94.9 cm³/mol. The van der Waals surface area contributed by atoms with Gasteiger partial charge in [-0.3, -0.25) is 4.90 Å². The van der Waals surface area contributed by atoms with Crippen molar-refractivity contribution in [3.05, 3.63) is 36.0 Å². The lowest BCUT2D eigenvalue weighted by Crippen LogP contribution is -2.41. The smallest absolute Gasteiger partial charge is 0.257 e. The van der Waals surface area contributed by atoms with Crippen molar-refractivity contribution < 1.29 is 13.9 Å². The van der Waals surface area contributed by atoms with Gasteiger partial charge < -0.3 is 19.2 Å². The molecule has 0 bridgehead atoms. The molecule has 1 aliphatic heterocycles. The lowest BCUT2D eigenvalue weighted by molar-refractivity contribution is 0.0143. The second kappa shape index (κ2) is 8.31. The Morgan fingerprint density at radius 3 is 2.64 bits per heavy atom. The second-order valence-electron chi connectivity index (χ2n) is 6.37. The number of ether oxygens (including phenoxy) is 2. The molecule has 136 valence electrons. The molecule has 1 aliphatic rings. The first-order valence-corrected chi connectivity index (χ1v) is 8.73. The van der Waals surface area contributed by atoms with E-state index in [-0.39, 0.29) is 12.1 Å². The number of nitrogens with one attached hydrogen (secondary N) is 1. The quantitative estimate of drug-likeness (QED) is 0.826. The average molecular weight is 346 g/mol. The number of morpholine rings is 1. The molecule has 3 heterocycles. The van der Waals surface area contributed by atoms with Gasteiger partial charge in [-0.25, -0.2) is 9.97 Å². The number of nitrogens with zero attached hydrogens (tertiary/aromatic N) is 3. The first-order valence-electron chi connectivity index (χ1n) is 8.73. The third-order valence-electron chi connectivity index (χ3n) is 4.05. The number of anilines is 1. The average Bonchev–Trinajstić information content (AvgIpc) is 3.03. The summed E-state index contributed by atoms with van der Waals surface area (Å²) in [6.45, 7) is 9.79. The maximum absolute atomic E-state index is 5.89. The Morgan fingerprint density at radius 1 is 1.20 bits per heavy atom. The third-order valence-corrected chi connectivity index (χ3v) is 4.05. The van der Waals surface area contributed by atoms with Gasteiger partial charge in [0.25, 0.3) is 5.88 Å². The summed E-state index contributed by atoms with van der Waals surface area (Å²) in [5, 5.41) is 3.38. The number of aromatic nitrogens is 2. The Bertz CT molecular complexity index is 668. The molecule has 1 saturated heterocycles. The number of aryl methyl sites for hydroxylation is 1. The van der Waals surface area contributed by atoms with Crippen molar-refractivity contribution in [2.24, 2.45) is 0 Å². The molecule has 1 N–H and O–H groups in total. The van der Waals surface area contributed by atoms with Gasteiger partial charge in [-0.1, -0.05) is 0 Å². The minimum absolute atomic E-state index is 0.0417. The van der Waals surface area contributed by atoms with E-state index in [1.54, 1.807) is 12.4 Å². The Hall–Kier alpha value is -2.12. The minimum atomic E-state index is 0.0417. The fraction of sp³-hybridized carbons (Fsp3) is 0.556. The van der Waals surface area contributed by atoms with Crippen LogP contribution in [0.2, 0.25) is 0 Å². The molecular weight excluding hydrogens is 320 g/mol. The van der Waals surface area contributed by atoms with Crippen LogP contribution in [0.15, 0.2) is 28.9 Å². The highest BCUT2D eigenvalue weighted by Crippen LogP contribution is 2.26. The van der Waals surface area contributed by atoms with E-state index in [1.165, 1.54) is 0 Å². The van der Waals surface area contributed by atoms with Crippen LogP contribution in [0, 0.1) is 6.92 Å². The van der Waals surface area contributed by atoms with Crippen LogP contribution in [0.4, 0.5) is 5.82 Å². The zero-order valence-electron chi connectivity index (χ0n) is 15.1. The summed E-state index contributed by atoms with van der Waals surface area (Å²) < 4.78 is 17.1.